The number of primary amides is 2. The van der Waals surface area contributed by atoms with Gasteiger partial charge in [0.2, 0.25) is 5.91 Å². The van der Waals surface area contributed by atoms with Gasteiger partial charge in [0, 0.05) is 11.8 Å². The first-order chi connectivity index (χ1) is 13.5. The molecule has 1 atom stereocenters. The minimum atomic E-state index is -4.86. The largest absolute Gasteiger partial charge is 0.573 e. The lowest BCUT2D eigenvalue weighted by Crippen LogP contribution is -2.39. The van der Waals surface area contributed by atoms with Crippen LogP contribution < -0.4 is 26.8 Å². The Hall–Kier alpha value is -3.57. The number of nitrogens with one attached hydrogen (secondary N) is 2. The van der Waals surface area contributed by atoms with E-state index < -0.39 is 30.0 Å². The van der Waals surface area contributed by atoms with Crippen LogP contribution in [0.3, 0.4) is 0 Å². The molecule has 12 heteroatoms. The normalized spacial score (nSPS) is 12.3. The molecule has 0 saturated heterocycles. The van der Waals surface area contributed by atoms with Crippen LogP contribution in [0.2, 0.25) is 0 Å². The predicted molar refractivity (Wildman–Crippen MR) is 98.4 cm³/mol. The summed E-state index contributed by atoms with van der Waals surface area (Å²) in [4.78, 5) is 31.2. The van der Waals surface area contributed by atoms with Gasteiger partial charge in [0.1, 0.15) is 17.6 Å². The van der Waals surface area contributed by atoms with Crippen molar-refractivity contribution in [2.45, 2.75) is 26.3 Å². The first-order valence-corrected chi connectivity index (χ1v) is 8.32. The van der Waals surface area contributed by atoms with Crippen LogP contribution in [0.15, 0.2) is 30.5 Å². The summed E-state index contributed by atoms with van der Waals surface area (Å²) in [6, 6.07) is 4.14. The van der Waals surface area contributed by atoms with Crippen molar-refractivity contribution in [2.75, 3.05) is 10.6 Å². The third kappa shape index (κ3) is 6.23. The number of anilines is 3. The highest BCUT2D eigenvalue weighted by Gasteiger charge is 2.31. The number of benzene rings is 1. The van der Waals surface area contributed by atoms with E-state index in [9.17, 15) is 22.8 Å². The molecule has 0 aliphatic carbocycles. The Balaban J connectivity index is 2.34. The quantitative estimate of drug-likeness (QED) is 0.520. The van der Waals surface area contributed by atoms with Crippen molar-refractivity contribution in [1.29, 1.82) is 0 Å². The van der Waals surface area contributed by atoms with E-state index in [4.69, 9.17) is 11.5 Å². The molecule has 0 spiro atoms. The van der Waals surface area contributed by atoms with Gasteiger partial charge in [-0.3, -0.25) is 9.59 Å². The molecular formula is C17H19F3N6O3. The first kappa shape index (κ1) is 21.7. The van der Waals surface area contributed by atoms with Crippen molar-refractivity contribution in [3.63, 3.8) is 0 Å². The molecule has 29 heavy (non-hydrogen) atoms. The number of hydrogen-bond donors (Lipinski definition) is 4. The Morgan fingerprint density at radius 2 is 1.90 bits per heavy atom. The number of rotatable bonds is 8. The number of alkyl halides is 3. The number of halogens is 3. The number of ether oxygens (including phenoxy) is 1. The first-order valence-electron chi connectivity index (χ1n) is 8.32. The second-order valence-corrected chi connectivity index (χ2v) is 6.29. The fourth-order valence-corrected chi connectivity index (χ4v) is 2.36. The average Bonchev–Trinajstić information content (AvgIpc) is 2.57. The molecule has 0 unspecified atom stereocenters. The van der Waals surface area contributed by atoms with Crippen molar-refractivity contribution >= 4 is 29.1 Å². The Labute approximate surface area is 163 Å². The van der Waals surface area contributed by atoms with E-state index in [2.05, 4.69) is 25.3 Å². The number of nitrogens with zero attached hydrogens (tertiary/aromatic N) is 2. The molecule has 1 aromatic heterocycles. The van der Waals surface area contributed by atoms with Crippen LogP contribution in [0.4, 0.5) is 30.5 Å². The average molecular weight is 412 g/mol. The Bertz CT molecular complexity index is 904. The van der Waals surface area contributed by atoms with Crippen molar-refractivity contribution in [3.05, 3.63) is 36.2 Å². The molecule has 2 amide bonds. The SMILES string of the molecule is CC(C)[C@@H](Nc1cnc(C(N)=O)c(Nc2cccc(OC(F)(F)F)c2)n1)C(N)=O. The summed E-state index contributed by atoms with van der Waals surface area (Å²) in [7, 11) is 0. The van der Waals surface area contributed by atoms with E-state index in [1.54, 1.807) is 13.8 Å². The molecule has 0 fully saturated rings. The van der Waals surface area contributed by atoms with Crippen LogP contribution in [-0.4, -0.2) is 34.2 Å². The zero-order valence-corrected chi connectivity index (χ0v) is 15.4. The maximum Gasteiger partial charge on any atom is 0.573 e. The number of carbonyl (C=O) groups excluding carboxylic acids is 2. The zero-order valence-electron chi connectivity index (χ0n) is 15.4. The molecule has 156 valence electrons. The molecule has 9 nitrogen and oxygen atoms in total. The smallest absolute Gasteiger partial charge is 0.406 e. The highest BCUT2D eigenvalue weighted by Crippen LogP contribution is 2.27. The number of carbonyl (C=O) groups is 2. The molecule has 2 aromatic rings. The van der Waals surface area contributed by atoms with E-state index in [-0.39, 0.29) is 28.9 Å². The lowest BCUT2D eigenvalue weighted by atomic mass is 10.0. The van der Waals surface area contributed by atoms with Crippen molar-refractivity contribution in [1.82, 2.24) is 9.97 Å². The predicted octanol–water partition coefficient (Wildman–Crippen LogP) is 2.14. The molecule has 0 radical (unpaired) electrons. The highest BCUT2D eigenvalue weighted by atomic mass is 19.4. The van der Waals surface area contributed by atoms with Gasteiger partial charge >= 0.3 is 6.36 Å². The topological polar surface area (TPSA) is 145 Å². The summed E-state index contributed by atoms with van der Waals surface area (Å²) in [5.41, 5.74) is 10.5. The molecule has 0 aliphatic heterocycles. The third-order valence-corrected chi connectivity index (χ3v) is 3.61. The summed E-state index contributed by atoms with van der Waals surface area (Å²) >= 11 is 0. The maximum atomic E-state index is 12.4. The molecule has 0 bridgehead atoms. The molecular weight excluding hydrogens is 393 g/mol. The van der Waals surface area contributed by atoms with Gasteiger partial charge in [-0.2, -0.15) is 0 Å². The van der Waals surface area contributed by atoms with E-state index in [1.807, 2.05) is 0 Å². The fourth-order valence-electron chi connectivity index (χ4n) is 2.36. The lowest BCUT2D eigenvalue weighted by Gasteiger charge is -2.20. The van der Waals surface area contributed by atoms with Crippen LogP contribution in [0.1, 0.15) is 24.3 Å². The van der Waals surface area contributed by atoms with E-state index in [1.165, 1.54) is 18.3 Å². The van der Waals surface area contributed by atoms with Crippen molar-refractivity contribution in [3.8, 4) is 5.75 Å². The number of aromatic nitrogens is 2. The van der Waals surface area contributed by atoms with Gasteiger partial charge in [-0.05, 0) is 18.1 Å². The van der Waals surface area contributed by atoms with Gasteiger partial charge in [0.05, 0.1) is 6.20 Å². The van der Waals surface area contributed by atoms with Crippen molar-refractivity contribution < 1.29 is 27.5 Å². The van der Waals surface area contributed by atoms with Gasteiger partial charge in [-0.1, -0.05) is 19.9 Å². The van der Waals surface area contributed by atoms with Crippen LogP contribution in [0.5, 0.6) is 5.75 Å². The van der Waals surface area contributed by atoms with Gasteiger partial charge in [-0.25, -0.2) is 9.97 Å². The van der Waals surface area contributed by atoms with E-state index in [0.29, 0.717) is 0 Å². The molecule has 1 heterocycles. The lowest BCUT2D eigenvalue weighted by molar-refractivity contribution is -0.274. The van der Waals surface area contributed by atoms with Crippen LogP contribution >= 0.6 is 0 Å². The molecule has 2 rings (SSSR count). The van der Waals surface area contributed by atoms with Crippen LogP contribution in [0.25, 0.3) is 0 Å². The number of nitrogens with two attached hydrogens (primary N) is 2. The van der Waals surface area contributed by atoms with Crippen LogP contribution in [0, 0.1) is 5.92 Å². The maximum absolute atomic E-state index is 12.4. The molecule has 1 aromatic carbocycles. The Kier molecular flexibility index (Phi) is 6.46. The van der Waals surface area contributed by atoms with Gasteiger partial charge in [-0.15, -0.1) is 13.2 Å². The van der Waals surface area contributed by atoms with E-state index in [0.717, 1.165) is 12.1 Å². The third-order valence-electron chi connectivity index (χ3n) is 3.61. The monoisotopic (exact) mass is 412 g/mol. The molecule has 6 N–H and O–H groups in total. The number of amides is 2. The standard InChI is InChI=1S/C17H19F3N6O3/c1-8(2)12(14(21)27)25-11-7-23-13(15(22)28)16(26-11)24-9-4-3-5-10(6-9)29-17(18,19)20/h3-8,12H,1-2H3,(H2,21,27)(H2,22,28)(H2,24,25,26)/t12-/m1/s1. The summed E-state index contributed by atoms with van der Waals surface area (Å²) < 4.78 is 41.1. The van der Waals surface area contributed by atoms with Crippen LogP contribution in [-0.2, 0) is 4.79 Å². The molecule has 0 saturated carbocycles. The summed E-state index contributed by atoms with van der Waals surface area (Å²) in [5.74, 6) is -2.19. The second kappa shape index (κ2) is 8.63. The highest BCUT2D eigenvalue weighted by molar-refractivity contribution is 5.96. The summed E-state index contributed by atoms with van der Waals surface area (Å²) in [5, 5.41) is 5.47. The summed E-state index contributed by atoms with van der Waals surface area (Å²) in [6.07, 6.45) is -3.67. The fraction of sp³-hybridized carbons (Fsp3) is 0.294. The Morgan fingerprint density at radius 1 is 1.21 bits per heavy atom. The Morgan fingerprint density at radius 3 is 2.45 bits per heavy atom. The minimum Gasteiger partial charge on any atom is -0.406 e. The molecule has 0 aliphatic rings. The van der Waals surface area contributed by atoms with Gasteiger partial charge < -0.3 is 26.8 Å². The minimum absolute atomic E-state index is 0.109. The van der Waals surface area contributed by atoms with Gasteiger partial charge in [0.15, 0.2) is 11.5 Å². The zero-order chi connectivity index (χ0) is 21.8. The van der Waals surface area contributed by atoms with Gasteiger partial charge in [0.25, 0.3) is 5.91 Å². The van der Waals surface area contributed by atoms with E-state index >= 15 is 0 Å². The summed E-state index contributed by atoms with van der Waals surface area (Å²) in [6.45, 7) is 3.53. The second-order valence-electron chi connectivity index (χ2n) is 6.29. The van der Waals surface area contributed by atoms with Crippen molar-refractivity contribution in [2.24, 2.45) is 17.4 Å². The number of hydrogen-bond acceptors (Lipinski definition) is 7.